The lowest BCUT2D eigenvalue weighted by molar-refractivity contribution is -0.328. The first-order chi connectivity index (χ1) is 10.5. The van der Waals surface area contributed by atoms with E-state index in [0.29, 0.717) is 0 Å². The predicted molar refractivity (Wildman–Crippen MR) is 74.0 cm³/mol. The Hall–Kier alpha value is -2.06. The third-order valence-electron chi connectivity index (χ3n) is 4.18. The van der Waals surface area contributed by atoms with E-state index in [1.165, 1.54) is 14.2 Å². The topological polar surface area (TPSA) is 95.8 Å². The Morgan fingerprint density at radius 2 is 1.32 bits per heavy atom. The van der Waals surface area contributed by atoms with E-state index in [4.69, 9.17) is 19.2 Å². The molecule has 3 aliphatic rings. The molecule has 1 aliphatic carbocycles. The summed E-state index contributed by atoms with van der Waals surface area (Å²) in [6.07, 6.45) is -0.957. The van der Waals surface area contributed by atoms with E-state index < -0.39 is 36.0 Å². The molecule has 0 radical (unpaired) electrons. The summed E-state index contributed by atoms with van der Waals surface area (Å²) in [6.45, 7) is 3.85. The van der Waals surface area contributed by atoms with E-state index >= 15 is 0 Å². The van der Waals surface area contributed by atoms with Crippen LogP contribution in [0.15, 0.2) is 21.3 Å². The van der Waals surface area contributed by atoms with Crippen LogP contribution in [0.3, 0.4) is 0 Å². The van der Waals surface area contributed by atoms with Gasteiger partial charge in [-0.15, -0.1) is 10.2 Å². The van der Waals surface area contributed by atoms with Crippen molar-refractivity contribution in [1.29, 1.82) is 0 Å². The highest BCUT2D eigenvalue weighted by molar-refractivity contribution is 6.43. The van der Waals surface area contributed by atoms with Gasteiger partial charge in [-0.2, -0.15) is 0 Å². The molecule has 8 nitrogen and oxygen atoms in total. The van der Waals surface area contributed by atoms with Crippen molar-refractivity contribution in [2.24, 2.45) is 22.0 Å². The van der Waals surface area contributed by atoms with Crippen molar-refractivity contribution < 1.29 is 28.8 Å². The summed E-state index contributed by atoms with van der Waals surface area (Å²) in [4.78, 5) is 34.6. The molecule has 0 aromatic heterocycles. The number of hydrogen-bond acceptors (Lipinski definition) is 8. The first-order valence-electron chi connectivity index (χ1n) is 6.82. The molecule has 2 aliphatic heterocycles. The molecule has 2 bridgehead atoms. The maximum Gasteiger partial charge on any atom is 0.354 e. The average molecular weight is 308 g/mol. The molecule has 0 N–H and O–H groups in total. The van der Waals surface area contributed by atoms with Crippen molar-refractivity contribution in [3.05, 3.63) is 11.1 Å². The standard InChI is InChI=1S/C14H16N2O6/c1-5(2)6-11-7-8(12(6)22-21-11)10(14(18)20-4)16-15-9(7)13(17)19-3/h7-8,11-12H,1-4H3/t7-,8+,11-,12+. The third kappa shape index (κ3) is 1.91. The highest BCUT2D eigenvalue weighted by Gasteiger charge is 2.62. The van der Waals surface area contributed by atoms with Crippen molar-refractivity contribution in [1.82, 2.24) is 0 Å². The van der Waals surface area contributed by atoms with Crippen LogP contribution in [0.4, 0.5) is 0 Å². The quantitative estimate of drug-likeness (QED) is 0.417. The number of esters is 2. The monoisotopic (exact) mass is 308 g/mol. The number of methoxy groups -OCH3 is 2. The molecule has 3 rings (SSSR count). The molecule has 4 atom stereocenters. The Labute approximate surface area is 126 Å². The lowest BCUT2D eigenvalue weighted by Gasteiger charge is -2.30. The molecule has 1 saturated heterocycles. The van der Waals surface area contributed by atoms with Gasteiger partial charge in [-0.3, -0.25) is 0 Å². The van der Waals surface area contributed by atoms with E-state index in [1.807, 2.05) is 13.8 Å². The van der Waals surface area contributed by atoms with Crippen LogP contribution in [-0.2, 0) is 28.8 Å². The molecule has 8 heteroatoms. The number of carbonyl (C=O) groups excluding carboxylic acids is 2. The zero-order valence-electron chi connectivity index (χ0n) is 12.7. The SMILES string of the molecule is COC(=O)C1=NN=C(C(=O)OC)[C@H]2[C@@H]1[C@H]1OO[C@@H]2C1=C(C)C. The number of carbonyl (C=O) groups is 2. The molecular formula is C14H16N2O6. The van der Waals surface area contributed by atoms with E-state index in [-0.39, 0.29) is 11.4 Å². The first kappa shape index (κ1) is 14.9. The largest absolute Gasteiger partial charge is 0.464 e. The maximum atomic E-state index is 12.0. The molecule has 2 fully saturated rings. The summed E-state index contributed by atoms with van der Waals surface area (Å²) >= 11 is 0. The van der Waals surface area contributed by atoms with Gasteiger partial charge < -0.3 is 9.47 Å². The fourth-order valence-electron chi connectivity index (χ4n) is 3.27. The summed E-state index contributed by atoms with van der Waals surface area (Å²) < 4.78 is 9.51. The van der Waals surface area contributed by atoms with Gasteiger partial charge in [-0.25, -0.2) is 19.4 Å². The second-order valence-electron chi connectivity index (χ2n) is 5.49. The maximum absolute atomic E-state index is 12.0. The molecule has 0 amide bonds. The molecular weight excluding hydrogens is 292 g/mol. The van der Waals surface area contributed by atoms with Gasteiger partial charge in [-0.1, -0.05) is 5.57 Å². The first-order valence-corrected chi connectivity index (χ1v) is 6.82. The molecule has 22 heavy (non-hydrogen) atoms. The zero-order chi connectivity index (χ0) is 16.0. The second-order valence-corrected chi connectivity index (χ2v) is 5.49. The van der Waals surface area contributed by atoms with Crippen LogP contribution < -0.4 is 0 Å². The van der Waals surface area contributed by atoms with Crippen LogP contribution in [0.25, 0.3) is 0 Å². The molecule has 0 aromatic rings. The number of ether oxygens (including phenoxy) is 2. The molecule has 0 unspecified atom stereocenters. The van der Waals surface area contributed by atoms with Crippen molar-refractivity contribution >= 4 is 23.4 Å². The molecule has 2 heterocycles. The Kier molecular flexibility index (Phi) is 3.57. The van der Waals surface area contributed by atoms with Gasteiger partial charge in [0.25, 0.3) is 0 Å². The van der Waals surface area contributed by atoms with Crippen LogP contribution in [0.2, 0.25) is 0 Å². The number of allylic oxidation sites excluding steroid dienone is 1. The van der Waals surface area contributed by atoms with Gasteiger partial charge in [0.05, 0.1) is 26.1 Å². The number of hydrogen-bond donors (Lipinski definition) is 0. The van der Waals surface area contributed by atoms with Crippen LogP contribution in [0, 0.1) is 11.8 Å². The summed E-state index contributed by atoms with van der Waals surface area (Å²) in [7, 11) is 2.54. The Balaban J connectivity index is 2.12. The molecule has 0 spiro atoms. The van der Waals surface area contributed by atoms with Crippen LogP contribution in [0.1, 0.15) is 13.8 Å². The van der Waals surface area contributed by atoms with Crippen molar-refractivity contribution in [3.8, 4) is 0 Å². The number of nitrogens with zero attached hydrogens (tertiary/aromatic N) is 2. The minimum absolute atomic E-state index is 0.134. The van der Waals surface area contributed by atoms with E-state index in [2.05, 4.69) is 10.2 Å². The smallest absolute Gasteiger partial charge is 0.354 e. The fraction of sp³-hybridized carbons (Fsp3) is 0.571. The highest BCUT2D eigenvalue weighted by Crippen LogP contribution is 2.49. The minimum atomic E-state index is -0.591. The van der Waals surface area contributed by atoms with Crippen molar-refractivity contribution in [2.75, 3.05) is 14.2 Å². The fourth-order valence-corrected chi connectivity index (χ4v) is 3.27. The molecule has 1 saturated carbocycles. The van der Waals surface area contributed by atoms with E-state index in [1.54, 1.807) is 0 Å². The average Bonchev–Trinajstić information content (AvgIpc) is 3.09. The summed E-state index contributed by atoms with van der Waals surface area (Å²) in [5.41, 5.74) is 2.19. The van der Waals surface area contributed by atoms with Gasteiger partial charge in [-0.05, 0) is 19.4 Å². The number of fused-ring (bicyclic) bond motifs is 5. The summed E-state index contributed by atoms with van der Waals surface area (Å²) in [5, 5.41) is 7.75. The van der Waals surface area contributed by atoms with Crippen LogP contribution in [-0.4, -0.2) is 49.8 Å². The third-order valence-corrected chi connectivity index (χ3v) is 4.18. The lowest BCUT2D eigenvalue weighted by Crippen LogP contribution is -2.47. The molecule has 0 aromatic carbocycles. The Morgan fingerprint density at radius 3 is 1.64 bits per heavy atom. The summed E-state index contributed by atoms with van der Waals surface area (Å²) in [5.74, 6) is -2.12. The zero-order valence-corrected chi connectivity index (χ0v) is 12.7. The van der Waals surface area contributed by atoms with Crippen LogP contribution >= 0.6 is 0 Å². The second kappa shape index (κ2) is 5.29. The number of rotatable bonds is 2. The summed E-state index contributed by atoms with van der Waals surface area (Å²) in [6, 6.07) is 0. The Morgan fingerprint density at radius 1 is 0.909 bits per heavy atom. The van der Waals surface area contributed by atoms with Crippen molar-refractivity contribution in [3.63, 3.8) is 0 Å². The van der Waals surface area contributed by atoms with E-state index in [0.717, 1.165) is 11.1 Å². The minimum Gasteiger partial charge on any atom is -0.464 e. The van der Waals surface area contributed by atoms with Gasteiger partial charge in [0.1, 0.15) is 12.2 Å². The van der Waals surface area contributed by atoms with Crippen LogP contribution in [0.5, 0.6) is 0 Å². The van der Waals surface area contributed by atoms with E-state index in [9.17, 15) is 9.59 Å². The highest BCUT2D eigenvalue weighted by atomic mass is 17.2. The Bertz CT molecular complexity index is 583. The normalized spacial score (nSPS) is 32.1. The van der Waals surface area contributed by atoms with Crippen molar-refractivity contribution in [2.45, 2.75) is 26.1 Å². The molecule has 118 valence electrons. The van der Waals surface area contributed by atoms with Gasteiger partial charge in [0.15, 0.2) is 11.4 Å². The lowest BCUT2D eigenvalue weighted by atomic mass is 9.84. The van der Waals surface area contributed by atoms with Gasteiger partial charge >= 0.3 is 11.9 Å². The van der Waals surface area contributed by atoms with Gasteiger partial charge in [0, 0.05) is 0 Å². The predicted octanol–water partition coefficient (Wildman–Crippen LogP) is 0.424. The van der Waals surface area contributed by atoms with Gasteiger partial charge in [0.2, 0.25) is 0 Å².